The van der Waals surface area contributed by atoms with Gasteiger partial charge >= 0.3 is 0 Å². The molecule has 1 saturated heterocycles. The lowest BCUT2D eigenvalue weighted by atomic mass is 9.97. The van der Waals surface area contributed by atoms with Crippen LogP contribution in [0.15, 0.2) is 78.9 Å². The molecule has 1 N–H and O–H groups in total. The van der Waals surface area contributed by atoms with Crippen molar-refractivity contribution >= 4 is 22.4 Å². The molecular formula is C31H32N2O3. The normalized spacial score (nSPS) is 14.1. The Hall–Kier alpha value is -3.67. The van der Waals surface area contributed by atoms with Crippen molar-refractivity contribution in [2.45, 2.75) is 13.8 Å². The SMILES string of the molecule is Cc1ccc(-c2cccc(C(=O)Nc3ccc(OCCN4CCOCC4)c4ccccc34)c2)c(C)c1. The zero-order valence-corrected chi connectivity index (χ0v) is 20.9. The molecule has 4 aromatic rings. The molecule has 0 spiro atoms. The summed E-state index contributed by atoms with van der Waals surface area (Å²) in [5, 5.41) is 5.07. The smallest absolute Gasteiger partial charge is 0.255 e. The average Bonchev–Trinajstić information content (AvgIpc) is 2.90. The number of amides is 1. The molecule has 0 atom stereocenters. The predicted molar refractivity (Wildman–Crippen MR) is 146 cm³/mol. The first-order chi connectivity index (χ1) is 17.6. The number of nitrogens with one attached hydrogen (secondary N) is 1. The topological polar surface area (TPSA) is 50.8 Å². The fourth-order valence-corrected chi connectivity index (χ4v) is 4.78. The van der Waals surface area contributed by atoms with Crippen molar-refractivity contribution in [3.63, 3.8) is 0 Å². The fourth-order valence-electron chi connectivity index (χ4n) is 4.78. The van der Waals surface area contributed by atoms with E-state index in [0.29, 0.717) is 12.2 Å². The first-order valence-corrected chi connectivity index (χ1v) is 12.5. The van der Waals surface area contributed by atoms with Gasteiger partial charge in [-0.25, -0.2) is 0 Å². The summed E-state index contributed by atoms with van der Waals surface area (Å²) in [4.78, 5) is 15.6. The number of aryl methyl sites for hydroxylation is 2. The summed E-state index contributed by atoms with van der Waals surface area (Å²) in [5.74, 6) is 0.696. The van der Waals surface area contributed by atoms with Crippen molar-refractivity contribution in [3.8, 4) is 16.9 Å². The number of hydrogen-bond donors (Lipinski definition) is 1. The van der Waals surface area contributed by atoms with Gasteiger partial charge in [-0.1, -0.05) is 60.2 Å². The van der Waals surface area contributed by atoms with E-state index in [1.165, 1.54) is 11.1 Å². The van der Waals surface area contributed by atoms with Crippen molar-refractivity contribution in [1.29, 1.82) is 0 Å². The molecule has 0 unspecified atom stereocenters. The largest absolute Gasteiger partial charge is 0.492 e. The van der Waals surface area contributed by atoms with E-state index in [4.69, 9.17) is 9.47 Å². The molecule has 1 aliphatic heterocycles. The highest BCUT2D eigenvalue weighted by atomic mass is 16.5. The summed E-state index contributed by atoms with van der Waals surface area (Å²) in [6.07, 6.45) is 0. The minimum atomic E-state index is -0.132. The zero-order valence-electron chi connectivity index (χ0n) is 20.9. The van der Waals surface area contributed by atoms with Crippen molar-refractivity contribution < 1.29 is 14.3 Å². The standard InChI is InChI=1S/C31H32N2O3/c1-22-10-11-26(23(2)20-22)24-6-5-7-25(21-24)31(34)32-29-12-13-30(28-9-4-3-8-27(28)29)36-19-16-33-14-17-35-18-15-33/h3-13,20-21H,14-19H2,1-2H3,(H,32,34). The summed E-state index contributed by atoms with van der Waals surface area (Å²) >= 11 is 0. The number of morpholine rings is 1. The molecule has 0 aromatic heterocycles. The second-order valence-corrected chi connectivity index (χ2v) is 9.31. The van der Waals surface area contributed by atoms with E-state index in [0.717, 1.165) is 66.2 Å². The highest BCUT2D eigenvalue weighted by Gasteiger charge is 2.14. The molecule has 1 amide bonds. The van der Waals surface area contributed by atoms with Crippen molar-refractivity contribution in [2.24, 2.45) is 0 Å². The Kier molecular flexibility index (Phi) is 7.31. The zero-order chi connectivity index (χ0) is 24.9. The second kappa shape index (κ2) is 10.9. The van der Waals surface area contributed by atoms with E-state index < -0.39 is 0 Å². The van der Waals surface area contributed by atoms with E-state index in [1.807, 2.05) is 60.7 Å². The number of benzene rings is 4. The Labute approximate surface area is 212 Å². The average molecular weight is 481 g/mol. The molecule has 1 heterocycles. The quantitative estimate of drug-likeness (QED) is 0.348. The second-order valence-electron chi connectivity index (χ2n) is 9.31. The number of anilines is 1. The Balaban J connectivity index is 1.33. The minimum absolute atomic E-state index is 0.132. The van der Waals surface area contributed by atoms with Gasteiger partial charge in [0.05, 0.1) is 13.2 Å². The molecule has 0 aliphatic carbocycles. The number of fused-ring (bicyclic) bond motifs is 1. The van der Waals surface area contributed by atoms with Crippen LogP contribution in [0.25, 0.3) is 21.9 Å². The third kappa shape index (κ3) is 5.43. The van der Waals surface area contributed by atoms with E-state index in [-0.39, 0.29) is 5.91 Å². The Bertz CT molecular complexity index is 1380. The van der Waals surface area contributed by atoms with Crippen molar-refractivity contribution in [2.75, 3.05) is 44.8 Å². The highest BCUT2D eigenvalue weighted by Crippen LogP contribution is 2.32. The monoisotopic (exact) mass is 480 g/mol. The van der Waals surface area contributed by atoms with Crippen LogP contribution in [-0.2, 0) is 4.74 Å². The van der Waals surface area contributed by atoms with Gasteiger partial charge in [-0.2, -0.15) is 0 Å². The number of rotatable bonds is 7. The first kappa shape index (κ1) is 24.0. The van der Waals surface area contributed by atoms with Crippen LogP contribution < -0.4 is 10.1 Å². The van der Waals surface area contributed by atoms with Gasteiger partial charge in [0.25, 0.3) is 5.91 Å². The lowest BCUT2D eigenvalue weighted by molar-refractivity contribution is 0.0323. The molecule has 36 heavy (non-hydrogen) atoms. The Morgan fingerprint density at radius 2 is 1.72 bits per heavy atom. The highest BCUT2D eigenvalue weighted by molar-refractivity contribution is 6.10. The van der Waals surface area contributed by atoms with Gasteiger partial charge in [0, 0.05) is 41.7 Å². The molecule has 1 aliphatic rings. The van der Waals surface area contributed by atoms with Crippen LogP contribution in [-0.4, -0.2) is 50.3 Å². The minimum Gasteiger partial charge on any atom is -0.492 e. The van der Waals surface area contributed by atoms with Crippen LogP contribution in [0.3, 0.4) is 0 Å². The molecule has 184 valence electrons. The van der Waals surface area contributed by atoms with Crippen molar-refractivity contribution in [3.05, 3.63) is 95.6 Å². The van der Waals surface area contributed by atoms with Gasteiger partial charge < -0.3 is 14.8 Å². The number of ether oxygens (including phenoxy) is 2. The van der Waals surface area contributed by atoms with Gasteiger partial charge in [0.2, 0.25) is 0 Å². The van der Waals surface area contributed by atoms with Gasteiger partial charge in [-0.3, -0.25) is 9.69 Å². The molecule has 1 fully saturated rings. The van der Waals surface area contributed by atoms with Crippen LogP contribution in [0, 0.1) is 13.8 Å². The maximum Gasteiger partial charge on any atom is 0.255 e. The van der Waals surface area contributed by atoms with Gasteiger partial charge in [-0.15, -0.1) is 0 Å². The number of nitrogens with zero attached hydrogens (tertiary/aromatic N) is 1. The van der Waals surface area contributed by atoms with Crippen molar-refractivity contribution in [1.82, 2.24) is 4.90 Å². The maximum atomic E-state index is 13.3. The van der Waals surface area contributed by atoms with Gasteiger partial charge in [0.15, 0.2) is 0 Å². The van der Waals surface area contributed by atoms with Gasteiger partial charge in [0.1, 0.15) is 12.4 Å². The molecule has 4 aromatic carbocycles. The maximum absolute atomic E-state index is 13.3. The predicted octanol–water partition coefficient (Wildman–Crippen LogP) is 6.09. The molecule has 0 bridgehead atoms. The summed E-state index contributed by atoms with van der Waals surface area (Å²) in [7, 11) is 0. The van der Waals surface area contributed by atoms with E-state index >= 15 is 0 Å². The summed E-state index contributed by atoms with van der Waals surface area (Å²) < 4.78 is 11.6. The Morgan fingerprint density at radius 3 is 2.53 bits per heavy atom. The molecule has 5 heteroatoms. The van der Waals surface area contributed by atoms with Crippen LogP contribution in [0.2, 0.25) is 0 Å². The number of carbonyl (C=O) groups excluding carboxylic acids is 1. The lowest BCUT2D eigenvalue weighted by Gasteiger charge is -2.26. The molecule has 0 saturated carbocycles. The number of carbonyl (C=O) groups is 1. The third-order valence-corrected chi connectivity index (χ3v) is 6.72. The molecule has 5 rings (SSSR count). The van der Waals surface area contributed by atoms with E-state index in [9.17, 15) is 4.79 Å². The van der Waals surface area contributed by atoms with Gasteiger partial charge in [-0.05, 0) is 54.8 Å². The first-order valence-electron chi connectivity index (χ1n) is 12.5. The molecular weight excluding hydrogens is 448 g/mol. The summed E-state index contributed by atoms with van der Waals surface area (Å²) in [6, 6.07) is 26.1. The summed E-state index contributed by atoms with van der Waals surface area (Å²) in [5.41, 5.74) is 6.00. The molecule has 0 radical (unpaired) electrons. The van der Waals surface area contributed by atoms with Crippen LogP contribution in [0.5, 0.6) is 5.75 Å². The summed E-state index contributed by atoms with van der Waals surface area (Å²) in [6.45, 7) is 9.13. The van der Waals surface area contributed by atoms with Crippen LogP contribution in [0.1, 0.15) is 21.5 Å². The van der Waals surface area contributed by atoms with E-state index in [2.05, 4.69) is 42.3 Å². The Morgan fingerprint density at radius 1 is 0.917 bits per heavy atom. The number of hydrogen-bond acceptors (Lipinski definition) is 4. The van der Waals surface area contributed by atoms with Crippen LogP contribution >= 0.6 is 0 Å². The lowest BCUT2D eigenvalue weighted by Crippen LogP contribution is -2.38. The third-order valence-electron chi connectivity index (χ3n) is 6.72. The van der Waals surface area contributed by atoms with E-state index in [1.54, 1.807) is 0 Å². The fraction of sp³-hybridized carbons (Fsp3) is 0.258. The molecule has 5 nitrogen and oxygen atoms in total. The van der Waals surface area contributed by atoms with Crippen LogP contribution in [0.4, 0.5) is 5.69 Å².